The first-order valence-electron chi connectivity index (χ1n) is 9.76. The molecule has 156 valence electrons. The van der Waals surface area contributed by atoms with Gasteiger partial charge in [0.2, 0.25) is 11.7 Å². The number of ether oxygens (including phenoxy) is 2. The molecule has 0 fully saturated rings. The molecule has 1 N–H and O–H groups in total. The topological polar surface area (TPSA) is 92.3 Å². The largest absolute Gasteiger partial charge is 0.618 e. The van der Waals surface area contributed by atoms with Gasteiger partial charge in [-0.05, 0) is 33.3 Å². The van der Waals surface area contributed by atoms with Crippen molar-refractivity contribution >= 4 is 28.0 Å². The van der Waals surface area contributed by atoms with Gasteiger partial charge < -0.3 is 24.6 Å². The van der Waals surface area contributed by atoms with Gasteiger partial charge >= 0.3 is 6.09 Å². The SMILES string of the molecule is COCCc1nc2c[n+]([O-])c3ccccc3c2n1CCCNC(=O)OC(C)(C)C. The number of aromatic nitrogens is 3. The molecule has 0 aliphatic carbocycles. The van der Waals surface area contributed by atoms with Gasteiger partial charge in [-0.25, -0.2) is 9.78 Å². The second-order valence-corrected chi connectivity index (χ2v) is 7.91. The van der Waals surface area contributed by atoms with E-state index in [0.29, 0.717) is 43.6 Å². The Kier molecular flexibility index (Phi) is 6.22. The fourth-order valence-corrected chi connectivity index (χ4v) is 3.31. The van der Waals surface area contributed by atoms with Crippen LogP contribution in [0.25, 0.3) is 21.9 Å². The van der Waals surface area contributed by atoms with Gasteiger partial charge in [0.05, 0.1) is 17.5 Å². The lowest BCUT2D eigenvalue weighted by Crippen LogP contribution is -2.33. The number of benzene rings is 1. The molecule has 0 atom stereocenters. The zero-order valence-electron chi connectivity index (χ0n) is 17.4. The lowest BCUT2D eigenvalue weighted by atomic mass is 10.2. The second kappa shape index (κ2) is 8.65. The number of methoxy groups -OCH3 is 1. The van der Waals surface area contributed by atoms with Crippen molar-refractivity contribution in [3.8, 4) is 0 Å². The number of pyridine rings is 1. The molecule has 0 aliphatic heterocycles. The highest BCUT2D eigenvalue weighted by Gasteiger charge is 2.19. The molecule has 2 aromatic heterocycles. The molecular formula is C21H28N4O4. The fourth-order valence-electron chi connectivity index (χ4n) is 3.31. The summed E-state index contributed by atoms with van der Waals surface area (Å²) in [5, 5.41) is 16.0. The molecule has 1 amide bonds. The van der Waals surface area contributed by atoms with Crippen molar-refractivity contribution in [2.45, 2.75) is 45.8 Å². The lowest BCUT2D eigenvalue weighted by Gasteiger charge is -2.19. The predicted octanol–water partition coefficient (Wildman–Crippen LogP) is 2.93. The molecule has 0 saturated heterocycles. The van der Waals surface area contributed by atoms with Gasteiger partial charge in [-0.15, -0.1) is 0 Å². The Morgan fingerprint density at radius 2 is 2.07 bits per heavy atom. The zero-order chi connectivity index (χ0) is 21.0. The highest BCUT2D eigenvalue weighted by molar-refractivity contribution is 6.00. The number of rotatable bonds is 7. The molecule has 0 bridgehead atoms. The van der Waals surface area contributed by atoms with Gasteiger partial charge in [-0.2, -0.15) is 4.73 Å². The number of amides is 1. The fraction of sp³-hybridized carbons (Fsp3) is 0.476. The summed E-state index contributed by atoms with van der Waals surface area (Å²) in [6, 6.07) is 7.50. The van der Waals surface area contributed by atoms with Crippen LogP contribution in [0.15, 0.2) is 30.5 Å². The van der Waals surface area contributed by atoms with Gasteiger partial charge in [-0.1, -0.05) is 12.1 Å². The van der Waals surface area contributed by atoms with E-state index in [0.717, 1.165) is 21.5 Å². The molecule has 0 spiro atoms. The van der Waals surface area contributed by atoms with Crippen molar-refractivity contribution in [1.82, 2.24) is 14.9 Å². The first-order valence-corrected chi connectivity index (χ1v) is 9.76. The summed E-state index contributed by atoms with van der Waals surface area (Å²) in [4.78, 5) is 16.5. The molecule has 1 aromatic carbocycles. The van der Waals surface area contributed by atoms with Crippen molar-refractivity contribution in [3.63, 3.8) is 0 Å². The lowest BCUT2D eigenvalue weighted by molar-refractivity contribution is -0.575. The number of hydrogen-bond acceptors (Lipinski definition) is 5. The van der Waals surface area contributed by atoms with E-state index in [9.17, 15) is 10.0 Å². The average Bonchev–Trinajstić information content (AvgIpc) is 2.99. The highest BCUT2D eigenvalue weighted by Crippen LogP contribution is 2.24. The molecule has 8 heteroatoms. The monoisotopic (exact) mass is 400 g/mol. The Morgan fingerprint density at radius 1 is 1.31 bits per heavy atom. The second-order valence-electron chi connectivity index (χ2n) is 7.91. The maximum Gasteiger partial charge on any atom is 0.407 e. The summed E-state index contributed by atoms with van der Waals surface area (Å²) >= 11 is 0. The quantitative estimate of drug-likeness (QED) is 0.374. The minimum absolute atomic E-state index is 0.426. The summed E-state index contributed by atoms with van der Waals surface area (Å²) in [7, 11) is 1.65. The zero-order valence-corrected chi connectivity index (χ0v) is 17.4. The van der Waals surface area contributed by atoms with Crippen LogP contribution in [-0.2, 0) is 22.4 Å². The van der Waals surface area contributed by atoms with Gasteiger partial charge in [-0.3, -0.25) is 0 Å². The van der Waals surface area contributed by atoms with Crippen molar-refractivity contribution in [1.29, 1.82) is 0 Å². The molecule has 0 saturated carbocycles. The number of para-hydroxylation sites is 1. The number of nitrogens with zero attached hydrogens (tertiary/aromatic N) is 3. The van der Waals surface area contributed by atoms with E-state index < -0.39 is 11.7 Å². The average molecular weight is 400 g/mol. The van der Waals surface area contributed by atoms with E-state index in [1.807, 2.05) is 39.0 Å². The molecule has 0 radical (unpaired) electrons. The molecule has 0 unspecified atom stereocenters. The molecule has 29 heavy (non-hydrogen) atoms. The van der Waals surface area contributed by atoms with E-state index in [4.69, 9.17) is 9.47 Å². The minimum atomic E-state index is -0.523. The smallest absolute Gasteiger partial charge is 0.407 e. The highest BCUT2D eigenvalue weighted by atomic mass is 16.6. The number of imidazole rings is 1. The Bertz CT molecular complexity index is 1010. The molecular weight excluding hydrogens is 372 g/mol. The first kappa shape index (κ1) is 20.9. The molecule has 3 aromatic rings. The number of carbonyl (C=O) groups is 1. The van der Waals surface area contributed by atoms with Crippen LogP contribution in [0.3, 0.4) is 0 Å². The number of carbonyl (C=O) groups excluding carboxylic acids is 1. The third-order valence-corrected chi connectivity index (χ3v) is 4.47. The number of hydrogen-bond donors (Lipinski definition) is 1. The summed E-state index contributed by atoms with van der Waals surface area (Å²) in [6.07, 6.45) is 2.43. The van der Waals surface area contributed by atoms with Crippen LogP contribution in [0.2, 0.25) is 0 Å². The number of nitrogens with one attached hydrogen (secondary N) is 1. The third kappa shape index (κ3) is 4.95. The van der Waals surface area contributed by atoms with E-state index in [-0.39, 0.29) is 0 Å². The molecule has 0 aliphatic rings. The normalized spacial score (nSPS) is 11.9. The minimum Gasteiger partial charge on any atom is -0.618 e. The van der Waals surface area contributed by atoms with Crippen LogP contribution in [0.5, 0.6) is 0 Å². The number of alkyl carbamates (subject to hydrolysis) is 1. The predicted molar refractivity (Wildman–Crippen MR) is 111 cm³/mol. The first-order chi connectivity index (χ1) is 13.8. The Hall–Kier alpha value is -2.87. The van der Waals surface area contributed by atoms with E-state index in [1.54, 1.807) is 13.2 Å². The number of fused-ring (bicyclic) bond motifs is 3. The standard InChI is InChI=1S/C21H28N4O4/c1-21(2,3)29-20(26)22-11-7-12-24-18(10-13-28-4)23-16-14-25(27)17-9-6-5-8-15(17)19(16)24/h5-6,8-9,14H,7,10-13H2,1-4H3,(H,22,26). The van der Waals surface area contributed by atoms with Crippen LogP contribution in [0.1, 0.15) is 33.0 Å². The maximum absolute atomic E-state index is 12.4. The molecule has 8 nitrogen and oxygen atoms in total. The van der Waals surface area contributed by atoms with Crippen LogP contribution in [0.4, 0.5) is 4.79 Å². The van der Waals surface area contributed by atoms with Crippen LogP contribution in [0, 0.1) is 5.21 Å². The van der Waals surface area contributed by atoms with Crippen molar-refractivity contribution in [2.24, 2.45) is 0 Å². The van der Waals surface area contributed by atoms with Gasteiger partial charge in [0.25, 0.3) is 0 Å². The Morgan fingerprint density at radius 3 is 2.79 bits per heavy atom. The Labute approximate surface area is 170 Å². The maximum atomic E-state index is 12.4. The van der Waals surface area contributed by atoms with Crippen molar-refractivity contribution in [2.75, 3.05) is 20.3 Å². The summed E-state index contributed by atoms with van der Waals surface area (Å²) in [5.74, 6) is 0.857. The Balaban J connectivity index is 1.85. The van der Waals surface area contributed by atoms with Crippen molar-refractivity contribution < 1.29 is 19.0 Å². The van der Waals surface area contributed by atoms with Crippen molar-refractivity contribution in [3.05, 3.63) is 41.5 Å². The van der Waals surface area contributed by atoms with Gasteiger partial charge in [0.15, 0.2) is 5.52 Å². The van der Waals surface area contributed by atoms with Gasteiger partial charge in [0, 0.05) is 32.7 Å². The van der Waals surface area contributed by atoms with E-state index in [1.165, 1.54) is 6.20 Å². The summed E-state index contributed by atoms with van der Waals surface area (Å²) in [5.41, 5.74) is 1.66. The van der Waals surface area contributed by atoms with Crippen LogP contribution in [-0.4, -0.2) is 41.5 Å². The summed E-state index contributed by atoms with van der Waals surface area (Å²) < 4.78 is 13.5. The van der Waals surface area contributed by atoms with Gasteiger partial charge in [0.1, 0.15) is 11.4 Å². The van der Waals surface area contributed by atoms with E-state index >= 15 is 0 Å². The van der Waals surface area contributed by atoms with Crippen LogP contribution < -0.4 is 10.0 Å². The molecule has 2 heterocycles. The van der Waals surface area contributed by atoms with Crippen LogP contribution >= 0.6 is 0 Å². The molecule has 3 rings (SSSR count). The summed E-state index contributed by atoms with van der Waals surface area (Å²) in [6.45, 7) is 7.16. The third-order valence-electron chi connectivity index (χ3n) is 4.47. The van der Waals surface area contributed by atoms with E-state index in [2.05, 4.69) is 14.9 Å². The number of aryl methyl sites for hydroxylation is 1.